The molecule has 2 heterocycles. The van der Waals surface area contributed by atoms with E-state index in [0.29, 0.717) is 31.0 Å². The second kappa shape index (κ2) is 10.9. The molecule has 0 unspecified atom stereocenters. The normalized spacial score (nSPS) is 15.0. The molecule has 0 atom stereocenters. The van der Waals surface area contributed by atoms with Crippen molar-refractivity contribution in [1.29, 1.82) is 0 Å². The van der Waals surface area contributed by atoms with Crippen LogP contribution < -0.4 is 4.90 Å². The van der Waals surface area contributed by atoms with E-state index < -0.39 is 10.0 Å². The number of nitrogens with zero attached hydrogens (tertiary/aromatic N) is 3. The molecular formula is C26H28FN3O3S. The SMILES string of the molecule is O=C(CN(Cc1ccc(F)cc1)c1ccccn1)c1cccc(S(=O)(=O)N2CCCCCC2)c1. The number of carbonyl (C=O) groups excluding carboxylic acids is 1. The van der Waals surface area contributed by atoms with Crippen LogP contribution in [0.1, 0.15) is 41.6 Å². The molecule has 6 nitrogen and oxygen atoms in total. The van der Waals surface area contributed by atoms with Gasteiger partial charge in [0.05, 0.1) is 11.4 Å². The third-order valence-electron chi connectivity index (χ3n) is 5.95. The number of hydrogen-bond donors (Lipinski definition) is 0. The summed E-state index contributed by atoms with van der Waals surface area (Å²) in [5.74, 6) is 0.0563. The molecule has 0 N–H and O–H groups in total. The van der Waals surface area contributed by atoms with Gasteiger partial charge in [-0.3, -0.25) is 4.79 Å². The van der Waals surface area contributed by atoms with Crippen LogP contribution in [0.3, 0.4) is 0 Å². The molecule has 1 aliphatic heterocycles. The molecule has 0 amide bonds. The van der Waals surface area contributed by atoms with E-state index in [1.54, 1.807) is 53.6 Å². The van der Waals surface area contributed by atoms with Crippen LogP contribution in [0.25, 0.3) is 0 Å². The van der Waals surface area contributed by atoms with Gasteiger partial charge < -0.3 is 4.90 Å². The van der Waals surface area contributed by atoms with Gasteiger partial charge in [0.2, 0.25) is 10.0 Å². The summed E-state index contributed by atoms with van der Waals surface area (Å²) >= 11 is 0. The van der Waals surface area contributed by atoms with Gasteiger partial charge in [0, 0.05) is 31.4 Å². The van der Waals surface area contributed by atoms with Crippen molar-refractivity contribution in [3.8, 4) is 0 Å². The van der Waals surface area contributed by atoms with E-state index in [1.165, 1.54) is 22.5 Å². The number of ketones is 1. The zero-order valence-corrected chi connectivity index (χ0v) is 19.8. The minimum atomic E-state index is -3.65. The van der Waals surface area contributed by atoms with Crippen LogP contribution in [0, 0.1) is 5.82 Å². The molecule has 1 aliphatic rings. The van der Waals surface area contributed by atoms with Crippen molar-refractivity contribution in [3.05, 3.63) is 89.9 Å². The molecule has 3 aromatic rings. The van der Waals surface area contributed by atoms with Crippen molar-refractivity contribution < 1.29 is 17.6 Å². The molecule has 178 valence electrons. The van der Waals surface area contributed by atoms with Gasteiger partial charge in [-0.1, -0.05) is 43.2 Å². The van der Waals surface area contributed by atoms with Crippen LogP contribution in [0.2, 0.25) is 0 Å². The maximum Gasteiger partial charge on any atom is 0.243 e. The first-order valence-corrected chi connectivity index (χ1v) is 12.9. The molecule has 1 aromatic heterocycles. The number of rotatable bonds is 8. The van der Waals surface area contributed by atoms with E-state index in [2.05, 4.69) is 4.98 Å². The van der Waals surface area contributed by atoms with Gasteiger partial charge in [0.25, 0.3) is 0 Å². The van der Waals surface area contributed by atoms with E-state index >= 15 is 0 Å². The van der Waals surface area contributed by atoms with E-state index in [0.717, 1.165) is 31.2 Å². The van der Waals surface area contributed by atoms with E-state index in [-0.39, 0.29) is 23.0 Å². The highest BCUT2D eigenvalue weighted by Crippen LogP contribution is 2.22. The third kappa shape index (κ3) is 5.87. The second-order valence-corrected chi connectivity index (χ2v) is 10.4. The minimum Gasteiger partial charge on any atom is -0.345 e. The van der Waals surface area contributed by atoms with Gasteiger partial charge in [0.15, 0.2) is 5.78 Å². The molecule has 0 bridgehead atoms. The fourth-order valence-electron chi connectivity index (χ4n) is 4.09. The average molecular weight is 482 g/mol. The summed E-state index contributed by atoms with van der Waals surface area (Å²) in [5.41, 5.74) is 1.16. The lowest BCUT2D eigenvalue weighted by Crippen LogP contribution is -2.32. The molecule has 0 aliphatic carbocycles. The predicted molar refractivity (Wildman–Crippen MR) is 130 cm³/mol. The number of aromatic nitrogens is 1. The average Bonchev–Trinajstić information content (AvgIpc) is 3.16. The highest BCUT2D eigenvalue weighted by molar-refractivity contribution is 7.89. The number of carbonyl (C=O) groups is 1. The van der Waals surface area contributed by atoms with Gasteiger partial charge in [-0.05, 0) is 54.8 Å². The quantitative estimate of drug-likeness (QED) is 0.437. The van der Waals surface area contributed by atoms with Crippen LogP contribution in [0.5, 0.6) is 0 Å². The lowest BCUT2D eigenvalue weighted by atomic mass is 10.1. The molecule has 0 radical (unpaired) electrons. The van der Waals surface area contributed by atoms with E-state index in [4.69, 9.17) is 0 Å². The number of benzene rings is 2. The number of Topliss-reactive ketones (excluding diaryl/α,β-unsaturated/α-hetero) is 1. The Morgan fingerprint density at radius 1 is 0.941 bits per heavy atom. The van der Waals surface area contributed by atoms with Gasteiger partial charge in [0.1, 0.15) is 11.6 Å². The first-order valence-electron chi connectivity index (χ1n) is 11.5. The highest BCUT2D eigenvalue weighted by atomic mass is 32.2. The summed E-state index contributed by atoms with van der Waals surface area (Å²) in [6.45, 7) is 1.37. The van der Waals surface area contributed by atoms with Crippen LogP contribution in [0.4, 0.5) is 10.2 Å². The molecule has 0 spiro atoms. The van der Waals surface area contributed by atoms with Gasteiger partial charge >= 0.3 is 0 Å². The van der Waals surface area contributed by atoms with E-state index in [9.17, 15) is 17.6 Å². The van der Waals surface area contributed by atoms with Crippen molar-refractivity contribution in [2.75, 3.05) is 24.5 Å². The smallest absolute Gasteiger partial charge is 0.243 e. The number of sulfonamides is 1. The fraction of sp³-hybridized carbons (Fsp3) is 0.308. The zero-order chi connectivity index (χ0) is 24.0. The first kappa shape index (κ1) is 24.0. The summed E-state index contributed by atoms with van der Waals surface area (Å²) in [4.78, 5) is 19.5. The fourth-order valence-corrected chi connectivity index (χ4v) is 5.66. The number of hydrogen-bond acceptors (Lipinski definition) is 5. The Morgan fingerprint density at radius 3 is 2.35 bits per heavy atom. The third-order valence-corrected chi connectivity index (χ3v) is 7.85. The van der Waals surface area contributed by atoms with Crippen LogP contribution in [0.15, 0.2) is 77.8 Å². The Labute approximate surface area is 200 Å². The topological polar surface area (TPSA) is 70.6 Å². The van der Waals surface area contributed by atoms with Crippen LogP contribution in [-0.2, 0) is 16.6 Å². The molecule has 8 heteroatoms. The maximum atomic E-state index is 13.3. The zero-order valence-electron chi connectivity index (χ0n) is 18.9. The van der Waals surface area contributed by atoms with Crippen LogP contribution >= 0.6 is 0 Å². The maximum absolute atomic E-state index is 13.3. The lowest BCUT2D eigenvalue weighted by molar-refractivity contribution is 0.0998. The van der Waals surface area contributed by atoms with Gasteiger partial charge in [-0.15, -0.1) is 0 Å². The molecule has 4 rings (SSSR count). The van der Waals surface area contributed by atoms with Crippen molar-refractivity contribution in [2.45, 2.75) is 37.1 Å². The molecule has 1 fully saturated rings. The van der Waals surface area contributed by atoms with Crippen molar-refractivity contribution in [2.24, 2.45) is 0 Å². The lowest BCUT2D eigenvalue weighted by Gasteiger charge is -2.23. The Morgan fingerprint density at radius 2 is 1.68 bits per heavy atom. The Kier molecular flexibility index (Phi) is 7.70. The van der Waals surface area contributed by atoms with Gasteiger partial charge in [-0.2, -0.15) is 4.31 Å². The van der Waals surface area contributed by atoms with Crippen molar-refractivity contribution >= 4 is 21.6 Å². The van der Waals surface area contributed by atoms with Crippen molar-refractivity contribution in [1.82, 2.24) is 9.29 Å². The Hall–Kier alpha value is -3.10. The van der Waals surface area contributed by atoms with Gasteiger partial charge in [-0.25, -0.2) is 17.8 Å². The summed E-state index contributed by atoms with van der Waals surface area (Å²) in [6.07, 6.45) is 5.40. The minimum absolute atomic E-state index is 0.00159. The van der Waals surface area contributed by atoms with Crippen LogP contribution in [-0.4, -0.2) is 43.1 Å². The highest BCUT2D eigenvalue weighted by Gasteiger charge is 2.26. The summed E-state index contributed by atoms with van der Waals surface area (Å²) in [5, 5.41) is 0. The largest absolute Gasteiger partial charge is 0.345 e. The number of pyridine rings is 1. The van der Waals surface area contributed by atoms with E-state index in [1.807, 2.05) is 6.07 Å². The first-order chi connectivity index (χ1) is 16.4. The molecular weight excluding hydrogens is 453 g/mol. The second-order valence-electron chi connectivity index (χ2n) is 8.44. The summed E-state index contributed by atoms with van der Waals surface area (Å²) < 4.78 is 41.2. The number of halogens is 1. The molecule has 0 saturated carbocycles. The number of anilines is 1. The van der Waals surface area contributed by atoms with Crippen molar-refractivity contribution in [3.63, 3.8) is 0 Å². The summed E-state index contributed by atoms with van der Waals surface area (Å²) in [6, 6.07) is 17.8. The Balaban J connectivity index is 1.56. The molecule has 34 heavy (non-hydrogen) atoms. The standard InChI is InChI=1S/C26H28FN3O3S/c27-23-13-11-21(12-14-23)19-29(26-10-3-4-15-28-26)20-25(31)22-8-7-9-24(18-22)34(32,33)30-16-5-1-2-6-17-30/h3-4,7-15,18H,1-2,5-6,16-17,19-20H2. The molecule has 1 saturated heterocycles. The predicted octanol–water partition coefficient (Wildman–Crippen LogP) is 4.67. The summed E-state index contributed by atoms with van der Waals surface area (Å²) in [7, 11) is -3.65. The molecule has 2 aromatic carbocycles. The Bertz CT molecular complexity index is 1210. The monoisotopic (exact) mass is 481 g/mol.